The average Bonchev–Trinajstić information content (AvgIpc) is 3.72. The zero-order valence-corrected chi connectivity index (χ0v) is 25.3. The molecule has 218 valence electrons. The SMILES string of the molecule is CCCCOc1ccc(-c2nc3sc(=Cc4cn(-c5ccccc5)nc4-c4ccc(OCC(C)C)cc4)c(=O)n3n2)cc1. The standard InChI is InChI=1S/C34H33N5O3S/c1-4-5-19-41-28-17-13-25(14-18-28)32-35-34-39(37-32)33(40)30(43-34)20-26-21-38(27-9-7-6-8-10-27)36-31(26)24-11-15-29(16-12-24)42-22-23(2)3/h6-18,20-21,23H,4-5,19,22H2,1-3H3. The van der Waals surface area contributed by atoms with Gasteiger partial charge in [-0.15, -0.1) is 5.10 Å². The molecular formula is C34H33N5O3S. The number of fused-ring (bicyclic) bond motifs is 1. The summed E-state index contributed by atoms with van der Waals surface area (Å²) < 4.78 is 15.4. The number of nitrogens with zero attached hydrogens (tertiary/aromatic N) is 5. The Balaban J connectivity index is 1.34. The molecular weight excluding hydrogens is 558 g/mol. The van der Waals surface area contributed by atoms with Gasteiger partial charge in [-0.25, -0.2) is 4.68 Å². The number of para-hydroxylation sites is 1. The zero-order valence-electron chi connectivity index (χ0n) is 24.4. The van der Waals surface area contributed by atoms with Crippen molar-refractivity contribution in [3.05, 3.63) is 106 Å². The van der Waals surface area contributed by atoms with Crippen LogP contribution in [0.25, 0.3) is 39.4 Å². The van der Waals surface area contributed by atoms with Gasteiger partial charge in [-0.1, -0.05) is 56.7 Å². The van der Waals surface area contributed by atoms with E-state index in [1.54, 1.807) is 0 Å². The van der Waals surface area contributed by atoms with E-state index in [0.29, 0.717) is 34.4 Å². The molecule has 3 heterocycles. The molecule has 8 nitrogen and oxygen atoms in total. The number of thiazole rings is 1. The first kappa shape index (κ1) is 28.4. The number of benzene rings is 3. The maximum atomic E-state index is 13.5. The summed E-state index contributed by atoms with van der Waals surface area (Å²) in [5.74, 6) is 2.57. The van der Waals surface area contributed by atoms with Crippen LogP contribution in [0.5, 0.6) is 11.5 Å². The van der Waals surface area contributed by atoms with Crippen molar-refractivity contribution in [2.75, 3.05) is 13.2 Å². The lowest BCUT2D eigenvalue weighted by Crippen LogP contribution is -2.23. The van der Waals surface area contributed by atoms with Crippen molar-refractivity contribution in [2.45, 2.75) is 33.6 Å². The minimum absolute atomic E-state index is 0.214. The first-order valence-corrected chi connectivity index (χ1v) is 15.3. The van der Waals surface area contributed by atoms with Crippen LogP contribution >= 0.6 is 11.3 Å². The van der Waals surface area contributed by atoms with Crippen LogP contribution in [0.15, 0.2) is 89.9 Å². The average molecular weight is 592 g/mol. The quantitative estimate of drug-likeness (QED) is 0.162. The monoisotopic (exact) mass is 591 g/mol. The lowest BCUT2D eigenvalue weighted by atomic mass is 10.1. The Morgan fingerprint density at radius 1 is 0.884 bits per heavy atom. The Hall–Kier alpha value is -4.76. The van der Waals surface area contributed by atoms with Gasteiger partial charge in [0.15, 0.2) is 5.82 Å². The second-order valence-corrected chi connectivity index (χ2v) is 11.7. The van der Waals surface area contributed by atoms with E-state index >= 15 is 0 Å². The van der Waals surface area contributed by atoms with E-state index in [0.717, 1.165) is 52.4 Å². The van der Waals surface area contributed by atoms with Crippen LogP contribution in [-0.2, 0) is 0 Å². The first-order valence-electron chi connectivity index (χ1n) is 14.5. The lowest BCUT2D eigenvalue weighted by molar-refractivity contribution is 0.271. The van der Waals surface area contributed by atoms with Gasteiger partial charge < -0.3 is 9.47 Å². The summed E-state index contributed by atoms with van der Waals surface area (Å²) in [4.78, 5) is 18.6. The van der Waals surface area contributed by atoms with Gasteiger partial charge in [0.2, 0.25) is 4.96 Å². The number of rotatable bonds is 11. The van der Waals surface area contributed by atoms with Gasteiger partial charge in [-0.05, 0) is 79.1 Å². The molecule has 0 saturated heterocycles. The van der Waals surface area contributed by atoms with Gasteiger partial charge >= 0.3 is 0 Å². The van der Waals surface area contributed by atoms with E-state index in [1.165, 1.54) is 15.9 Å². The molecule has 0 spiro atoms. The van der Waals surface area contributed by atoms with Crippen molar-refractivity contribution in [1.29, 1.82) is 0 Å². The molecule has 0 unspecified atom stereocenters. The number of hydrogen-bond donors (Lipinski definition) is 0. The molecule has 0 aliphatic carbocycles. The predicted molar refractivity (Wildman–Crippen MR) is 171 cm³/mol. The minimum atomic E-state index is -0.214. The molecule has 3 aromatic carbocycles. The highest BCUT2D eigenvalue weighted by Gasteiger charge is 2.15. The van der Waals surface area contributed by atoms with Crippen molar-refractivity contribution in [3.63, 3.8) is 0 Å². The third-order valence-corrected chi connectivity index (χ3v) is 7.78. The summed E-state index contributed by atoms with van der Waals surface area (Å²) in [5.41, 5.74) is 4.05. The Kier molecular flexibility index (Phi) is 8.33. The Bertz CT molecular complexity index is 1920. The van der Waals surface area contributed by atoms with Crippen molar-refractivity contribution >= 4 is 22.4 Å². The fourth-order valence-corrected chi connectivity index (χ4v) is 5.43. The summed E-state index contributed by atoms with van der Waals surface area (Å²) in [5, 5.41) is 9.44. The van der Waals surface area contributed by atoms with Crippen molar-refractivity contribution in [2.24, 2.45) is 5.92 Å². The maximum Gasteiger partial charge on any atom is 0.291 e. The van der Waals surface area contributed by atoms with Gasteiger partial charge in [-0.3, -0.25) is 4.79 Å². The van der Waals surface area contributed by atoms with Crippen molar-refractivity contribution < 1.29 is 9.47 Å². The van der Waals surface area contributed by atoms with E-state index in [4.69, 9.17) is 14.6 Å². The zero-order chi connectivity index (χ0) is 29.8. The van der Waals surface area contributed by atoms with Crippen LogP contribution < -0.4 is 19.6 Å². The number of aromatic nitrogens is 5. The van der Waals surface area contributed by atoms with Crippen LogP contribution in [0.4, 0.5) is 0 Å². The molecule has 43 heavy (non-hydrogen) atoms. The maximum absolute atomic E-state index is 13.5. The molecule has 0 saturated carbocycles. The van der Waals surface area contributed by atoms with E-state index in [2.05, 4.69) is 30.9 Å². The van der Waals surface area contributed by atoms with E-state index in [1.807, 2.05) is 95.8 Å². The molecule has 0 radical (unpaired) electrons. The van der Waals surface area contributed by atoms with Crippen LogP contribution in [0.3, 0.4) is 0 Å². The molecule has 0 bridgehead atoms. The molecule has 9 heteroatoms. The van der Waals surface area contributed by atoms with Crippen molar-refractivity contribution in [3.8, 4) is 39.8 Å². The number of ether oxygens (including phenoxy) is 2. The van der Waals surface area contributed by atoms with Crippen molar-refractivity contribution in [1.82, 2.24) is 24.4 Å². The molecule has 0 fully saturated rings. The van der Waals surface area contributed by atoms with Crippen LogP contribution in [0, 0.1) is 5.92 Å². The second-order valence-electron chi connectivity index (χ2n) is 10.7. The largest absolute Gasteiger partial charge is 0.494 e. The Morgan fingerprint density at radius 3 is 2.26 bits per heavy atom. The molecule has 6 aromatic rings. The first-order chi connectivity index (χ1) is 21.0. The van der Waals surface area contributed by atoms with Crippen LogP contribution in [-0.4, -0.2) is 37.6 Å². The van der Waals surface area contributed by atoms with E-state index in [-0.39, 0.29) is 5.56 Å². The van der Waals surface area contributed by atoms with Gasteiger partial charge in [0.05, 0.1) is 23.4 Å². The summed E-state index contributed by atoms with van der Waals surface area (Å²) >= 11 is 1.31. The number of unbranched alkanes of at least 4 members (excludes halogenated alkanes) is 1. The van der Waals surface area contributed by atoms with Gasteiger partial charge in [0.1, 0.15) is 17.2 Å². The highest BCUT2D eigenvalue weighted by atomic mass is 32.1. The van der Waals surface area contributed by atoms with Crippen LogP contribution in [0.2, 0.25) is 0 Å². The van der Waals surface area contributed by atoms with E-state index < -0.39 is 0 Å². The highest BCUT2D eigenvalue weighted by Crippen LogP contribution is 2.27. The summed E-state index contributed by atoms with van der Waals surface area (Å²) in [6.45, 7) is 7.73. The molecule has 6 rings (SSSR count). The summed E-state index contributed by atoms with van der Waals surface area (Å²) in [6.07, 6.45) is 5.91. The molecule has 0 N–H and O–H groups in total. The van der Waals surface area contributed by atoms with Gasteiger partial charge in [-0.2, -0.15) is 14.6 Å². The molecule has 0 aliphatic rings. The number of hydrogen-bond acceptors (Lipinski definition) is 7. The molecule has 0 aliphatic heterocycles. The predicted octanol–water partition coefficient (Wildman–Crippen LogP) is 6.43. The van der Waals surface area contributed by atoms with Gasteiger partial charge in [0, 0.05) is 22.9 Å². The third-order valence-electron chi connectivity index (χ3n) is 6.82. The smallest absolute Gasteiger partial charge is 0.291 e. The second kappa shape index (κ2) is 12.6. The molecule has 3 aromatic heterocycles. The normalized spacial score (nSPS) is 12.0. The fourth-order valence-electron chi connectivity index (χ4n) is 4.53. The summed E-state index contributed by atoms with van der Waals surface area (Å²) in [6, 6.07) is 25.5. The van der Waals surface area contributed by atoms with Gasteiger partial charge in [0.25, 0.3) is 5.56 Å². The Labute approximate surface area is 253 Å². The minimum Gasteiger partial charge on any atom is -0.494 e. The summed E-state index contributed by atoms with van der Waals surface area (Å²) in [7, 11) is 0. The molecule has 0 amide bonds. The molecule has 0 atom stereocenters. The lowest BCUT2D eigenvalue weighted by Gasteiger charge is -2.09. The van der Waals surface area contributed by atoms with Crippen LogP contribution in [0.1, 0.15) is 39.2 Å². The topological polar surface area (TPSA) is 83.5 Å². The van der Waals surface area contributed by atoms with E-state index in [9.17, 15) is 4.79 Å². The highest BCUT2D eigenvalue weighted by molar-refractivity contribution is 7.15. The fraction of sp³-hybridized carbons (Fsp3) is 0.235. The Morgan fingerprint density at radius 2 is 1.58 bits per heavy atom. The third kappa shape index (κ3) is 6.36.